The van der Waals surface area contributed by atoms with E-state index >= 15 is 0 Å². The standard InChI is InChI=1S/C15H13N3OS/c1-9-6-10(2)18-15(17-9)20-14-7-12(8-16)4-5-13(14)11(3)19/h4-7H,1-3H3. The summed E-state index contributed by atoms with van der Waals surface area (Å²) in [5.41, 5.74) is 2.85. The van der Waals surface area contributed by atoms with Crippen molar-refractivity contribution >= 4 is 17.5 Å². The summed E-state index contributed by atoms with van der Waals surface area (Å²) in [5.74, 6) is -0.0404. The number of Topliss-reactive ketones (excluding diaryl/α,β-unsaturated/α-hetero) is 1. The van der Waals surface area contributed by atoms with Crippen molar-refractivity contribution in [1.82, 2.24) is 9.97 Å². The van der Waals surface area contributed by atoms with Crippen molar-refractivity contribution in [1.29, 1.82) is 5.26 Å². The van der Waals surface area contributed by atoms with E-state index in [9.17, 15) is 4.79 Å². The molecule has 20 heavy (non-hydrogen) atoms. The Labute approximate surface area is 121 Å². The Kier molecular flexibility index (Phi) is 4.16. The van der Waals surface area contributed by atoms with Crippen molar-refractivity contribution in [3.05, 3.63) is 46.8 Å². The maximum Gasteiger partial charge on any atom is 0.192 e. The third kappa shape index (κ3) is 3.22. The molecule has 100 valence electrons. The topological polar surface area (TPSA) is 66.6 Å². The Morgan fingerprint density at radius 3 is 2.40 bits per heavy atom. The molecule has 0 aliphatic heterocycles. The highest BCUT2D eigenvalue weighted by atomic mass is 32.2. The molecule has 0 atom stereocenters. The smallest absolute Gasteiger partial charge is 0.192 e. The Morgan fingerprint density at radius 2 is 1.85 bits per heavy atom. The van der Waals surface area contributed by atoms with E-state index in [0.717, 1.165) is 11.4 Å². The number of carbonyl (C=O) groups excluding carboxylic acids is 1. The third-order valence-electron chi connectivity index (χ3n) is 2.65. The molecule has 0 amide bonds. The van der Waals surface area contributed by atoms with Crippen LogP contribution in [0, 0.1) is 25.2 Å². The van der Waals surface area contributed by atoms with Crippen LogP contribution in [-0.4, -0.2) is 15.8 Å². The van der Waals surface area contributed by atoms with Crippen molar-refractivity contribution < 1.29 is 4.79 Å². The van der Waals surface area contributed by atoms with Crippen LogP contribution in [0.1, 0.15) is 34.2 Å². The molecule has 1 aromatic heterocycles. The molecule has 0 saturated carbocycles. The summed E-state index contributed by atoms with van der Waals surface area (Å²) in [6.07, 6.45) is 0. The van der Waals surface area contributed by atoms with Crippen molar-refractivity contribution in [2.24, 2.45) is 0 Å². The number of aromatic nitrogens is 2. The highest BCUT2D eigenvalue weighted by molar-refractivity contribution is 7.99. The van der Waals surface area contributed by atoms with E-state index in [-0.39, 0.29) is 5.78 Å². The van der Waals surface area contributed by atoms with Gasteiger partial charge in [0.1, 0.15) is 0 Å². The highest BCUT2D eigenvalue weighted by Gasteiger charge is 2.12. The van der Waals surface area contributed by atoms with E-state index < -0.39 is 0 Å². The third-order valence-corrected chi connectivity index (χ3v) is 3.58. The number of rotatable bonds is 3. The molecule has 0 radical (unpaired) electrons. The van der Waals surface area contributed by atoms with Crippen molar-refractivity contribution in [3.63, 3.8) is 0 Å². The maximum absolute atomic E-state index is 11.7. The number of carbonyl (C=O) groups is 1. The van der Waals surface area contributed by atoms with E-state index in [2.05, 4.69) is 16.0 Å². The van der Waals surface area contributed by atoms with Crippen LogP contribution in [0.15, 0.2) is 34.3 Å². The van der Waals surface area contributed by atoms with Crippen LogP contribution in [0.3, 0.4) is 0 Å². The Hall–Kier alpha value is -2.19. The normalized spacial score (nSPS) is 10.1. The van der Waals surface area contributed by atoms with Gasteiger partial charge >= 0.3 is 0 Å². The summed E-state index contributed by atoms with van der Waals surface area (Å²) in [6, 6.07) is 8.98. The molecule has 0 unspecified atom stereocenters. The molecular weight excluding hydrogens is 270 g/mol. The second kappa shape index (κ2) is 5.85. The summed E-state index contributed by atoms with van der Waals surface area (Å²) in [5, 5.41) is 9.55. The van der Waals surface area contributed by atoms with E-state index in [4.69, 9.17) is 5.26 Å². The van der Waals surface area contributed by atoms with Crippen LogP contribution >= 0.6 is 11.8 Å². The van der Waals surface area contributed by atoms with Crippen molar-refractivity contribution in [3.8, 4) is 6.07 Å². The van der Waals surface area contributed by atoms with Gasteiger partial charge in [-0.1, -0.05) is 0 Å². The minimum atomic E-state index is -0.0404. The molecule has 5 heteroatoms. The Bertz CT molecular complexity index is 699. The molecule has 0 bridgehead atoms. The number of hydrogen-bond donors (Lipinski definition) is 0. The van der Waals surface area contributed by atoms with Gasteiger partial charge in [-0.2, -0.15) is 5.26 Å². The molecule has 0 spiro atoms. The lowest BCUT2D eigenvalue weighted by molar-refractivity contribution is 0.101. The first-order valence-corrected chi connectivity index (χ1v) is 6.86. The summed E-state index contributed by atoms with van der Waals surface area (Å²) in [6.45, 7) is 5.31. The van der Waals surface area contributed by atoms with Crippen LogP contribution < -0.4 is 0 Å². The molecule has 0 fully saturated rings. The molecule has 2 aromatic rings. The number of nitrogens with zero attached hydrogens (tertiary/aromatic N) is 3. The SMILES string of the molecule is CC(=O)c1ccc(C#N)cc1Sc1nc(C)cc(C)n1. The number of aryl methyl sites for hydroxylation is 2. The molecule has 1 heterocycles. The number of hydrogen-bond acceptors (Lipinski definition) is 5. The Morgan fingerprint density at radius 1 is 1.20 bits per heavy atom. The van der Waals surface area contributed by atoms with Crippen LogP contribution in [0.4, 0.5) is 0 Å². The molecular formula is C15H13N3OS. The van der Waals surface area contributed by atoms with Crippen LogP contribution in [0.5, 0.6) is 0 Å². The zero-order valence-corrected chi connectivity index (χ0v) is 12.3. The van der Waals surface area contributed by atoms with Gasteiger partial charge in [0.05, 0.1) is 11.6 Å². The molecule has 0 aliphatic rings. The minimum absolute atomic E-state index is 0.0404. The fourth-order valence-corrected chi connectivity index (χ4v) is 2.89. The number of nitriles is 1. The van der Waals surface area contributed by atoms with Gasteiger partial charge in [-0.05, 0) is 56.8 Å². The molecule has 0 N–H and O–H groups in total. The van der Waals surface area contributed by atoms with E-state index in [1.165, 1.54) is 18.7 Å². The van der Waals surface area contributed by atoms with Gasteiger partial charge in [0.2, 0.25) is 0 Å². The van der Waals surface area contributed by atoms with Gasteiger partial charge in [0, 0.05) is 21.8 Å². The van der Waals surface area contributed by atoms with E-state index in [0.29, 0.717) is 21.2 Å². The van der Waals surface area contributed by atoms with Crippen LogP contribution in [0.2, 0.25) is 0 Å². The quantitative estimate of drug-likeness (QED) is 0.638. The first-order chi connectivity index (χ1) is 9.49. The second-order valence-corrected chi connectivity index (χ2v) is 5.42. The lowest BCUT2D eigenvalue weighted by Gasteiger charge is -2.07. The summed E-state index contributed by atoms with van der Waals surface area (Å²) >= 11 is 1.31. The molecule has 4 nitrogen and oxygen atoms in total. The zero-order valence-electron chi connectivity index (χ0n) is 11.5. The monoisotopic (exact) mass is 283 g/mol. The molecule has 2 rings (SSSR count). The predicted octanol–water partition coefficient (Wildman–Crippen LogP) is 3.32. The van der Waals surface area contributed by atoms with Gasteiger partial charge in [-0.3, -0.25) is 4.79 Å². The fraction of sp³-hybridized carbons (Fsp3) is 0.200. The van der Waals surface area contributed by atoms with Crippen LogP contribution in [0.25, 0.3) is 0 Å². The molecule has 0 saturated heterocycles. The second-order valence-electron chi connectivity index (χ2n) is 4.41. The predicted molar refractivity (Wildman–Crippen MR) is 76.8 cm³/mol. The zero-order chi connectivity index (χ0) is 14.7. The van der Waals surface area contributed by atoms with Gasteiger partial charge in [0.25, 0.3) is 0 Å². The van der Waals surface area contributed by atoms with Gasteiger partial charge in [-0.15, -0.1) is 0 Å². The van der Waals surface area contributed by atoms with Crippen molar-refractivity contribution in [2.75, 3.05) is 0 Å². The highest BCUT2D eigenvalue weighted by Crippen LogP contribution is 2.29. The van der Waals surface area contributed by atoms with E-state index in [1.54, 1.807) is 18.2 Å². The first kappa shape index (κ1) is 14.2. The van der Waals surface area contributed by atoms with Crippen LogP contribution in [-0.2, 0) is 0 Å². The summed E-state index contributed by atoms with van der Waals surface area (Å²) in [7, 11) is 0. The maximum atomic E-state index is 11.7. The first-order valence-electron chi connectivity index (χ1n) is 6.05. The summed E-state index contributed by atoms with van der Waals surface area (Å²) in [4.78, 5) is 21.0. The van der Waals surface area contributed by atoms with Gasteiger partial charge in [-0.25, -0.2) is 9.97 Å². The minimum Gasteiger partial charge on any atom is -0.294 e. The molecule has 0 aliphatic carbocycles. The number of benzene rings is 1. The largest absolute Gasteiger partial charge is 0.294 e. The average Bonchev–Trinajstić information content (AvgIpc) is 2.37. The number of ketones is 1. The van der Waals surface area contributed by atoms with Gasteiger partial charge in [0.15, 0.2) is 10.9 Å². The van der Waals surface area contributed by atoms with E-state index in [1.807, 2.05) is 19.9 Å². The average molecular weight is 283 g/mol. The Balaban J connectivity index is 2.46. The fourth-order valence-electron chi connectivity index (χ4n) is 1.80. The summed E-state index contributed by atoms with van der Waals surface area (Å²) < 4.78 is 0. The lowest BCUT2D eigenvalue weighted by atomic mass is 10.1. The van der Waals surface area contributed by atoms with Crippen molar-refractivity contribution in [2.45, 2.75) is 30.8 Å². The van der Waals surface area contributed by atoms with Gasteiger partial charge < -0.3 is 0 Å². The molecule has 1 aromatic carbocycles. The lowest BCUT2D eigenvalue weighted by Crippen LogP contribution is -1.98.